The zero-order valence-corrected chi connectivity index (χ0v) is 18.2. The molecule has 9 heteroatoms. The summed E-state index contributed by atoms with van der Waals surface area (Å²) in [6, 6.07) is 21.4. The van der Waals surface area contributed by atoms with Gasteiger partial charge in [0.25, 0.3) is 5.91 Å². The van der Waals surface area contributed by atoms with E-state index in [2.05, 4.69) is 5.32 Å². The number of nitrogens with zero attached hydrogens (tertiary/aromatic N) is 1. The van der Waals surface area contributed by atoms with Crippen molar-refractivity contribution in [3.8, 4) is 11.8 Å². The van der Waals surface area contributed by atoms with E-state index in [0.717, 1.165) is 5.56 Å². The number of nitriles is 1. The van der Waals surface area contributed by atoms with Gasteiger partial charge < -0.3 is 10.1 Å². The van der Waals surface area contributed by atoms with Gasteiger partial charge in [-0.1, -0.05) is 48.0 Å². The molecule has 32 heavy (non-hydrogen) atoms. The molecular formula is C23H18ClN3O4S. The minimum Gasteiger partial charge on any atom is -0.488 e. The van der Waals surface area contributed by atoms with Crippen LogP contribution in [0.25, 0.3) is 6.08 Å². The largest absolute Gasteiger partial charge is 0.488 e. The minimum atomic E-state index is -3.84. The maximum atomic E-state index is 12.6. The number of primary sulfonamides is 1. The van der Waals surface area contributed by atoms with Crippen molar-refractivity contribution < 1.29 is 17.9 Å². The van der Waals surface area contributed by atoms with Gasteiger partial charge in [-0.3, -0.25) is 4.79 Å². The molecule has 0 saturated heterocycles. The molecule has 3 N–H and O–H groups in total. The SMILES string of the molecule is N#C/C(=C\c1ccccc1OCc1ccccc1Cl)C(=O)Nc1ccc(S(N)(=O)=O)cc1. The topological polar surface area (TPSA) is 122 Å². The second-order valence-corrected chi connectivity index (χ2v) is 8.58. The summed E-state index contributed by atoms with van der Waals surface area (Å²) < 4.78 is 28.5. The predicted molar refractivity (Wildman–Crippen MR) is 122 cm³/mol. The summed E-state index contributed by atoms with van der Waals surface area (Å²) in [5.41, 5.74) is 1.49. The van der Waals surface area contributed by atoms with Gasteiger partial charge in [0, 0.05) is 21.8 Å². The molecule has 0 aliphatic carbocycles. The third-order valence-corrected chi connectivity index (χ3v) is 5.66. The minimum absolute atomic E-state index is 0.0869. The van der Waals surface area contributed by atoms with Gasteiger partial charge in [0.15, 0.2) is 0 Å². The Morgan fingerprint density at radius 3 is 2.38 bits per heavy atom. The summed E-state index contributed by atoms with van der Waals surface area (Å²) in [4.78, 5) is 12.5. The quantitative estimate of drug-likeness (QED) is 0.400. The molecule has 1 amide bonds. The van der Waals surface area contributed by atoms with Gasteiger partial charge in [-0.15, -0.1) is 0 Å². The third kappa shape index (κ3) is 5.95. The molecule has 0 fully saturated rings. The average Bonchev–Trinajstić information content (AvgIpc) is 2.77. The van der Waals surface area contributed by atoms with Crippen molar-refractivity contribution in [2.75, 3.05) is 5.32 Å². The molecule has 3 rings (SSSR count). The van der Waals surface area contributed by atoms with Crippen molar-refractivity contribution >= 4 is 39.3 Å². The van der Waals surface area contributed by atoms with Crippen molar-refractivity contribution in [1.82, 2.24) is 0 Å². The number of hydrogen-bond acceptors (Lipinski definition) is 5. The van der Waals surface area contributed by atoms with E-state index in [9.17, 15) is 18.5 Å². The lowest BCUT2D eigenvalue weighted by Gasteiger charge is -2.11. The first-order chi connectivity index (χ1) is 15.3. The van der Waals surface area contributed by atoms with E-state index < -0.39 is 15.9 Å². The summed E-state index contributed by atoms with van der Waals surface area (Å²) in [5, 5.41) is 17.7. The number of anilines is 1. The van der Waals surface area contributed by atoms with Crippen LogP contribution in [0.2, 0.25) is 5.02 Å². The molecular weight excluding hydrogens is 450 g/mol. The maximum absolute atomic E-state index is 12.6. The Kier molecular flexibility index (Phi) is 7.28. The number of ether oxygens (including phenoxy) is 1. The number of carbonyl (C=O) groups excluding carboxylic acids is 1. The zero-order valence-electron chi connectivity index (χ0n) is 16.7. The molecule has 0 aliphatic heterocycles. The second-order valence-electron chi connectivity index (χ2n) is 6.61. The summed E-state index contributed by atoms with van der Waals surface area (Å²) in [6.07, 6.45) is 1.41. The zero-order chi connectivity index (χ0) is 23.1. The van der Waals surface area contributed by atoms with Gasteiger partial charge in [-0.2, -0.15) is 5.26 Å². The number of amides is 1. The molecule has 162 valence electrons. The van der Waals surface area contributed by atoms with Gasteiger partial charge in [0.1, 0.15) is 24.0 Å². The third-order valence-electron chi connectivity index (χ3n) is 4.37. The van der Waals surface area contributed by atoms with Crippen molar-refractivity contribution in [3.05, 3.63) is 94.5 Å². The lowest BCUT2D eigenvalue weighted by atomic mass is 10.1. The molecule has 0 bridgehead atoms. The van der Waals surface area contributed by atoms with Gasteiger partial charge >= 0.3 is 0 Å². The fourth-order valence-corrected chi connectivity index (χ4v) is 3.44. The monoisotopic (exact) mass is 467 g/mol. The Labute approximate surface area is 190 Å². The number of rotatable bonds is 7. The molecule has 7 nitrogen and oxygen atoms in total. The summed E-state index contributed by atoms with van der Waals surface area (Å²) in [7, 11) is -3.84. The molecule has 0 aromatic heterocycles. The number of halogens is 1. The van der Waals surface area contributed by atoms with E-state index >= 15 is 0 Å². The molecule has 0 saturated carbocycles. The summed E-state index contributed by atoms with van der Waals surface area (Å²) in [5.74, 6) is -0.178. The van der Waals surface area contributed by atoms with E-state index in [1.165, 1.54) is 30.3 Å². The van der Waals surface area contributed by atoms with E-state index in [4.69, 9.17) is 21.5 Å². The first-order valence-corrected chi connectivity index (χ1v) is 11.2. The fraction of sp³-hybridized carbons (Fsp3) is 0.0435. The maximum Gasteiger partial charge on any atom is 0.266 e. The van der Waals surface area contributed by atoms with Gasteiger partial charge in [-0.05, 0) is 42.5 Å². The van der Waals surface area contributed by atoms with Crippen molar-refractivity contribution in [1.29, 1.82) is 5.26 Å². The number of carbonyl (C=O) groups is 1. The molecule has 0 atom stereocenters. The smallest absolute Gasteiger partial charge is 0.266 e. The van der Waals surface area contributed by atoms with Crippen LogP contribution in [0.5, 0.6) is 5.75 Å². The first-order valence-electron chi connectivity index (χ1n) is 9.29. The van der Waals surface area contributed by atoms with Crippen LogP contribution in [0.3, 0.4) is 0 Å². The number of sulfonamides is 1. The Hall–Kier alpha value is -3.64. The number of nitrogens with two attached hydrogens (primary N) is 1. The summed E-state index contributed by atoms with van der Waals surface area (Å²) >= 11 is 6.16. The highest BCUT2D eigenvalue weighted by molar-refractivity contribution is 7.89. The van der Waals surface area contributed by atoms with Crippen LogP contribution in [0, 0.1) is 11.3 Å². The van der Waals surface area contributed by atoms with Crippen LogP contribution >= 0.6 is 11.6 Å². The highest BCUT2D eigenvalue weighted by Gasteiger charge is 2.13. The number of para-hydroxylation sites is 1. The van der Waals surface area contributed by atoms with Crippen LogP contribution < -0.4 is 15.2 Å². The standard InChI is InChI=1S/C23H18ClN3O4S/c24-21-7-3-1-6-17(21)15-31-22-8-4-2-5-16(22)13-18(14-25)23(28)27-19-9-11-20(12-10-19)32(26,29)30/h1-13H,15H2,(H,27,28)(H2,26,29,30)/b18-13+. The highest BCUT2D eigenvalue weighted by atomic mass is 35.5. The molecule has 0 radical (unpaired) electrons. The Morgan fingerprint density at radius 2 is 1.72 bits per heavy atom. The lowest BCUT2D eigenvalue weighted by molar-refractivity contribution is -0.112. The van der Waals surface area contributed by atoms with Crippen LogP contribution in [-0.4, -0.2) is 14.3 Å². The van der Waals surface area contributed by atoms with Gasteiger partial charge in [0.05, 0.1) is 4.90 Å². The van der Waals surface area contributed by atoms with Crippen LogP contribution in [0.4, 0.5) is 5.69 Å². The molecule has 3 aromatic rings. The second kappa shape index (κ2) is 10.1. The lowest BCUT2D eigenvalue weighted by Crippen LogP contribution is -2.14. The normalized spacial score (nSPS) is 11.5. The Bertz CT molecular complexity index is 1310. The first kappa shape index (κ1) is 23.0. The number of nitrogens with one attached hydrogen (secondary N) is 1. The van der Waals surface area contributed by atoms with Gasteiger partial charge in [-0.25, -0.2) is 13.6 Å². The molecule has 0 spiro atoms. The van der Waals surface area contributed by atoms with Crippen LogP contribution in [-0.2, 0) is 21.4 Å². The highest BCUT2D eigenvalue weighted by Crippen LogP contribution is 2.24. The number of benzene rings is 3. The van der Waals surface area contributed by atoms with Crippen molar-refractivity contribution in [3.63, 3.8) is 0 Å². The van der Waals surface area contributed by atoms with Crippen LogP contribution in [0.15, 0.2) is 83.3 Å². The van der Waals surface area contributed by atoms with E-state index in [0.29, 0.717) is 22.0 Å². The van der Waals surface area contributed by atoms with E-state index in [1.807, 2.05) is 24.3 Å². The van der Waals surface area contributed by atoms with Gasteiger partial charge in [0.2, 0.25) is 10.0 Å². The molecule has 0 aliphatic rings. The van der Waals surface area contributed by atoms with Crippen molar-refractivity contribution in [2.45, 2.75) is 11.5 Å². The predicted octanol–water partition coefficient (Wildman–Crippen LogP) is 4.11. The average molecular weight is 468 g/mol. The van der Waals surface area contributed by atoms with Crippen LogP contribution in [0.1, 0.15) is 11.1 Å². The Balaban J connectivity index is 1.78. The Morgan fingerprint density at radius 1 is 1.06 bits per heavy atom. The number of hydrogen-bond donors (Lipinski definition) is 2. The fourth-order valence-electron chi connectivity index (χ4n) is 2.73. The van der Waals surface area contributed by atoms with E-state index in [1.54, 1.807) is 30.3 Å². The molecule has 0 unspecified atom stereocenters. The molecule has 0 heterocycles. The summed E-state index contributed by atoms with van der Waals surface area (Å²) in [6.45, 7) is 0.217. The molecule has 3 aromatic carbocycles. The van der Waals surface area contributed by atoms with E-state index in [-0.39, 0.29) is 17.1 Å². The van der Waals surface area contributed by atoms with Crippen molar-refractivity contribution in [2.24, 2.45) is 5.14 Å².